The van der Waals surface area contributed by atoms with Gasteiger partial charge in [-0.15, -0.1) is 0 Å². The topological polar surface area (TPSA) is 110 Å². The molecule has 0 bridgehead atoms. The molecule has 1 aliphatic rings. The maximum Gasteiger partial charge on any atom is 0.327 e. The van der Waals surface area contributed by atoms with E-state index in [0.717, 1.165) is 31.4 Å². The Kier molecular flexibility index (Phi) is 15.3. The van der Waals surface area contributed by atoms with Crippen molar-refractivity contribution in [1.82, 2.24) is 0 Å². The first-order chi connectivity index (χ1) is 8.93. The van der Waals surface area contributed by atoms with Crippen LogP contribution in [0.4, 0.5) is 0 Å². The van der Waals surface area contributed by atoms with Crippen molar-refractivity contribution < 1.29 is 33.4 Å². The smallest absolute Gasteiger partial charge is 0.327 e. The zero-order valence-electron chi connectivity index (χ0n) is 10.5. The van der Waals surface area contributed by atoms with Gasteiger partial charge in [-0.05, 0) is 19.3 Å². The molecule has 7 nitrogen and oxygen atoms in total. The van der Waals surface area contributed by atoms with Crippen molar-refractivity contribution in [2.75, 3.05) is 13.2 Å². The van der Waals surface area contributed by atoms with Crippen LogP contribution in [0.5, 0.6) is 0 Å². The molecule has 0 aromatic carbocycles. The SMILES string of the molecule is C=CC(=O)O.C=CC(=O)O.O=[PH]1OCCCCCO1. The summed E-state index contributed by atoms with van der Waals surface area (Å²) in [6.07, 6.45) is 4.81. The summed E-state index contributed by atoms with van der Waals surface area (Å²) in [6.45, 7) is 7.11. The third kappa shape index (κ3) is 22.3. The quantitative estimate of drug-likeness (QED) is 0.592. The Balaban J connectivity index is 0. The van der Waals surface area contributed by atoms with Gasteiger partial charge in [-0.3, -0.25) is 4.57 Å². The maximum atomic E-state index is 10.6. The number of rotatable bonds is 2. The standard InChI is InChI=1S/C5H11O3P.2C3H4O2/c6-9-7-4-2-1-3-5-8-9;2*1-2-3(4)5/h9H,1-5H2;2*2H,1H2,(H,4,5). The van der Waals surface area contributed by atoms with Crippen molar-refractivity contribution in [1.29, 1.82) is 0 Å². The predicted molar refractivity (Wildman–Crippen MR) is 70.4 cm³/mol. The van der Waals surface area contributed by atoms with Gasteiger partial charge in [0.25, 0.3) is 0 Å². The molecule has 0 aromatic rings. The summed E-state index contributed by atoms with van der Waals surface area (Å²) in [5, 5.41) is 15.2. The molecule has 8 heteroatoms. The van der Waals surface area contributed by atoms with Crippen LogP contribution < -0.4 is 0 Å². The van der Waals surface area contributed by atoms with E-state index in [2.05, 4.69) is 13.2 Å². The molecule has 110 valence electrons. The highest BCUT2D eigenvalue weighted by atomic mass is 31.1. The lowest BCUT2D eigenvalue weighted by Gasteiger charge is -2.08. The summed E-state index contributed by atoms with van der Waals surface area (Å²) < 4.78 is 20.2. The fourth-order valence-electron chi connectivity index (χ4n) is 0.734. The molecule has 1 rings (SSSR count). The second kappa shape index (κ2) is 14.6. The largest absolute Gasteiger partial charge is 0.478 e. The molecular weight excluding hydrogens is 275 g/mol. The average Bonchev–Trinajstić information content (AvgIpc) is 2.35. The summed E-state index contributed by atoms with van der Waals surface area (Å²) in [7, 11) is -2.10. The van der Waals surface area contributed by atoms with Gasteiger partial charge in [-0.1, -0.05) is 13.2 Å². The summed E-state index contributed by atoms with van der Waals surface area (Å²) in [4.78, 5) is 18.5. The average molecular weight is 294 g/mol. The molecule has 0 aromatic heterocycles. The van der Waals surface area contributed by atoms with E-state index < -0.39 is 20.2 Å². The first-order valence-electron chi connectivity index (χ1n) is 5.44. The molecule has 1 saturated heterocycles. The summed E-state index contributed by atoms with van der Waals surface area (Å²) in [6, 6.07) is 0. The number of carboxylic acids is 2. The van der Waals surface area contributed by atoms with Crippen LogP contribution in [0.3, 0.4) is 0 Å². The Morgan fingerprint density at radius 1 is 0.947 bits per heavy atom. The highest BCUT2D eigenvalue weighted by Gasteiger charge is 2.02. The van der Waals surface area contributed by atoms with E-state index in [9.17, 15) is 14.2 Å². The summed E-state index contributed by atoms with van der Waals surface area (Å²) in [5.41, 5.74) is 0. The lowest BCUT2D eigenvalue weighted by atomic mass is 10.2. The van der Waals surface area contributed by atoms with E-state index in [0.29, 0.717) is 13.2 Å². The molecule has 1 heterocycles. The Morgan fingerprint density at radius 2 is 1.26 bits per heavy atom. The van der Waals surface area contributed by atoms with Crippen LogP contribution in [-0.4, -0.2) is 35.4 Å². The van der Waals surface area contributed by atoms with E-state index in [1.807, 2.05) is 0 Å². The first kappa shape index (κ1) is 19.9. The van der Waals surface area contributed by atoms with Crippen LogP contribution in [0, 0.1) is 0 Å². The van der Waals surface area contributed by atoms with E-state index in [4.69, 9.17) is 19.3 Å². The molecule has 19 heavy (non-hydrogen) atoms. The molecule has 0 aliphatic carbocycles. The zero-order chi connectivity index (χ0) is 15.1. The number of hydrogen-bond acceptors (Lipinski definition) is 5. The van der Waals surface area contributed by atoms with E-state index in [1.54, 1.807) is 0 Å². The van der Waals surface area contributed by atoms with E-state index in [1.165, 1.54) is 0 Å². The lowest BCUT2D eigenvalue weighted by molar-refractivity contribution is -0.132. The van der Waals surface area contributed by atoms with E-state index in [-0.39, 0.29) is 0 Å². The van der Waals surface area contributed by atoms with Gasteiger partial charge in [0.2, 0.25) is 0 Å². The molecule has 0 saturated carbocycles. The summed E-state index contributed by atoms with van der Waals surface area (Å²) >= 11 is 0. The van der Waals surface area contributed by atoms with Crippen LogP contribution in [0.2, 0.25) is 0 Å². The second-order valence-corrected chi connectivity index (χ2v) is 4.17. The lowest BCUT2D eigenvalue weighted by Crippen LogP contribution is -1.96. The van der Waals surface area contributed by atoms with Gasteiger partial charge in [0.1, 0.15) is 0 Å². The Labute approximate surface area is 112 Å². The van der Waals surface area contributed by atoms with Crippen molar-refractivity contribution in [3.05, 3.63) is 25.3 Å². The minimum absolute atomic E-state index is 0.595. The minimum Gasteiger partial charge on any atom is -0.478 e. The van der Waals surface area contributed by atoms with Gasteiger partial charge >= 0.3 is 20.2 Å². The monoisotopic (exact) mass is 294 g/mol. The van der Waals surface area contributed by atoms with Gasteiger partial charge in [-0.2, -0.15) is 0 Å². The molecule has 0 radical (unpaired) electrons. The fraction of sp³-hybridized carbons (Fsp3) is 0.455. The number of carboxylic acid groups (broad SMARTS) is 2. The van der Waals surface area contributed by atoms with E-state index >= 15 is 0 Å². The Morgan fingerprint density at radius 3 is 1.53 bits per heavy atom. The highest BCUT2D eigenvalue weighted by molar-refractivity contribution is 7.33. The van der Waals surface area contributed by atoms with Crippen LogP contribution >= 0.6 is 8.25 Å². The maximum absolute atomic E-state index is 10.6. The third-order valence-electron chi connectivity index (χ3n) is 1.58. The molecule has 0 atom stereocenters. The third-order valence-corrected chi connectivity index (χ3v) is 2.46. The molecule has 1 fully saturated rings. The van der Waals surface area contributed by atoms with Crippen LogP contribution in [-0.2, 0) is 23.2 Å². The second-order valence-electron chi connectivity index (χ2n) is 3.09. The van der Waals surface area contributed by atoms with Gasteiger partial charge in [0.05, 0.1) is 13.2 Å². The minimum atomic E-state index is -2.10. The van der Waals surface area contributed by atoms with Gasteiger partial charge in [-0.25, -0.2) is 9.59 Å². The Hall–Kier alpha value is -1.43. The molecular formula is C11H19O7P. The number of hydrogen-bond donors (Lipinski definition) is 2. The fourth-order valence-corrected chi connectivity index (χ4v) is 1.44. The van der Waals surface area contributed by atoms with Crippen molar-refractivity contribution in [3.63, 3.8) is 0 Å². The van der Waals surface area contributed by atoms with Crippen LogP contribution in [0.1, 0.15) is 19.3 Å². The van der Waals surface area contributed by atoms with Crippen molar-refractivity contribution >= 4 is 20.2 Å². The van der Waals surface area contributed by atoms with Crippen LogP contribution in [0.25, 0.3) is 0 Å². The molecule has 0 unspecified atom stereocenters. The molecule has 0 spiro atoms. The zero-order valence-corrected chi connectivity index (χ0v) is 11.5. The first-order valence-corrected chi connectivity index (χ1v) is 6.66. The Bertz CT molecular complexity index is 286. The highest BCUT2D eigenvalue weighted by Crippen LogP contribution is 2.26. The number of aliphatic carboxylic acids is 2. The normalized spacial score (nSPS) is 15.2. The summed E-state index contributed by atoms with van der Waals surface area (Å²) in [5.74, 6) is -1.96. The van der Waals surface area contributed by atoms with Gasteiger partial charge in [0.15, 0.2) is 0 Å². The molecule has 1 aliphatic heterocycles. The van der Waals surface area contributed by atoms with Crippen molar-refractivity contribution in [2.45, 2.75) is 19.3 Å². The van der Waals surface area contributed by atoms with Crippen molar-refractivity contribution in [3.8, 4) is 0 Å². The predicted octanol–water partition coefficient (Wildman–Crippen LogP) is 2.11. The number of carbonyl (C=O) groups is 2. The van der Waals surface area contributed by atoms with Gasteiger partial charge in [0, 0.05) is 12.2 Å². The molecule has 2 N–H and O–H groups in total. The molecule has 0 amide bonds. The van der Waals surface area contributed by atoms with Crippen LogP contribution in [0.15, 0.2) is 25.3 Å². The van der Waals surface area contributed by atoms with Crippen molar-refractivity contribution in [2.24, 2.45) is 0 Å². The van der Waals surface area contributed by atoms with Gasteiger partial charge < -0.3 is 19.3 Å².